The first-order valence-electron chi connectivity index (χ1n) is 14.0. The Kier molecular flexibility index (Phi) is 14.9. The number of carbonyl (C=O) groups excluding carboxylic acids is 1. The number of rotatable bonds is 16. The fourth-order valence-corrected chi connectivity index (χ4v) is 5.23. The first-order valence-corrected chi connectivity index (χ1v) is 14.0. The summed E-state index contributed by atoms with van der Waals surface area (Å²) in [5, 5.41) is 31.9. The number of aliphatic hydroxyl groups is 2. The minimum Gasteiger partial charge on any atom is -0.508 e. The van der Waals surface area contributed by atoms with Crippen LogP contribution in [0.1, 0.15) is 65.5 Å². The highest BCUT2D eigenvalue weighted by Gasteiger charge is 2.33. The number of phenols is 1. The van der Waals surface area contributed by atoms with Gasteiger partial charge in [0.05, 0.1) is 12.2 Å². The van der Waals surface area contributed by atoms with Gasteiger partial charge < -0.3 is 25.8 Å². The van der Waals surface area contributed by atoms with E-state index in [1.54, 1.807) is 18.2 Å². The molecule has 39 heavy (non-hydrogen) atoms. The lowest BCUT2D eigenvalue weighted by Gasteiger charge is -2.33. The maximum atomic E-state index is 11.5. The first-order chi connectivity index (χ1) is 18.3. The van der Waals surface area contributed by atoms with Gasteiger partial charge in [-0.2, -0.15) is 0 Å². The van der Waals surface area contributed by atoms with E-state index in [9.17, 15) is 20.1 Å². The van der Waals surface area contributed by atoms with Crippen molar-refractivity contribution in [2.45, 2.75) is 86.0 Å². The molecular formula is C33H51NO5. The maximum absolute atomic E-state index is 11.5. The fourth-order valence-electron chi connectivity index (χ4n) is 5.23. The van der Waals surface area contributed by atoms with E-state index in [1.165, 1.54) is 0 Å². The molecule has 0 aliphatic carbocycles. The van der Waals surface area contributed by atoms with Crippen LogP contribution in [0.5, 0.6) is 5.75 Å². The van der Waals surface area contributed by atoms with E-state index < -0.39 is 24.4 Å². The van der Waals surface area contributed by atoms with Gasteiger partial charge in [0.25, 0.3) is 0 Å². The quantitative estimate of drug-likeness (QED) is 0.138. The molecule has 0 aliphatic heterocycles. The number of benzene rings is 1. The highest BCUT2D eigenvalue weighted by molar-refractivity contribution is 5.64. The number of aryl methyl sites for hydroxylation is 1. The normalized spacial score (nSPS) is 18.7. The van der Waals surface area contributed by atoms with Crippen molar-refractivity contribution in [3.63, 3.8) is 0 Å². The topological polar surface area (TPSA) is 113 Å². The predicted octanol–water partition coefficient (Wildman–Crippen LogP) is 6.63. The Morgan fingerprint density at radius 1 is 1.05 bits per heavy atom. The Labute approximate surface area is 236 Å². The van der Waals surface area contributed by atoms with Crippen molar-refractivity contribution in [2.75, 3.05) is 0 Å². The van der Waals surface area contributed by atoms with Crippen molar-refractivity contribution in [1.29, 1.82) is 0 Å². The van der Waals surface area contributed by atoms with Gasteiger partial charge in [-0.1, -0.05) is 95.4 Å². The van der Waals surface area contributed by atoms with E-state index in [1.807, 2.05) is 66.7 Å². The summed E-state index contributed by atoms with van der Waals surface area (Å²) in [6.45, 7) is 17.4. The third kappa shape index (κ3) is 11.4. The average Bonchev–Trinajstić information content (AvgIpc) is 2.88. The van der Waals surface area contributed by atoms with Gasteiger partial charge in [-0.15, -0.1) is 0 Å². The molecule has 1 rings (SSSR count). The molecule has 0 aromatic heterocycles. The third-order valence-corrected chi connectivity index (χ3v) is 7.67. The lowest BCUT2D eigenvalue weighted by molar-refractivity contribution is -0.0266. The molecule has 0 radical (unpaired) electrons. The molecule has 0 saturated heterocycles. The first kappa shape index (κ1) is 34.2. The van der Waals surface area contributed by atoms with Crippen LogP contribution < -0.4 is 5.73 Å². The molecule has 8 atom stereocenters. The summed E-state index contributed by atoms with van der Waals surface area (Å²) >= 11 is 0. The van der Waals surface area contributed by atoms with Crippen LogP contribution in [0.15, 0.2) is 66.8 Å². The van der Waals surface area contributed by atoms with E-state index >= 15 is 0 Å². The summed E-state index contributed by atoms with van der Waals surface area (Å²) in [4.78, 5) is 11.5. The second-order valence-corrected chi connectivity index (χ2v) is 11.2. The van der Waals surface area contributed by atoms with Crippen LogP contribution in [0.3, 0.4) is 0 Å². The standard InChI is InChI=1S/C33H51NO5/c1-9-10-14-23(4)32(39-33(34)38)27(8)31(37)25(6)20-21(2)19-24(5)30(36)22(3)15-11-12-16-28-17-13-18-29(35)26(28)7/h9-11,13-15,17-19,22-25,27,30-32,35-37H,1,12,16,20H2,2-8H3,(H2,34,38)/b14-10-,15-11-,21-19-/t22-,23-,24-,25-,27-,30-,31+,32-/m0/s1. The van der Waals surface area contributed by atoms with Crippen LogP contribution in [0.4, 0.5) is 4.79 Å². The van der Waals surface area contributed by atoms with Crippen LogP contribution in [0.25, 0.3) is 0 Å². The van der Waals surface area contributed by atoms with Gasteiger partial charge >= 0.3 is 6.09 Å². The summed E-state index contributed by atoms with van der Waals surface area (Å²) in [5.74, 6) is -0.321. The number of hydrogen-bond donors (Lipinski definition) is 4. The summed E-state index contributed by atoms with van der Waals surface area (Å²) in [6.07, 6.45) is 11.2. The maximum Gasteiger partial charge on any atom is 0.404 e. The SMILES string of the molecule is C=C/C=C\[C@H](C)[C@H](OC(N)=O)[C@@H](C)[C@H](O)[C@@H](C)C/C(C)=C\[C@H](C)[C@@H](O)[C@@H](C)/C=C\CCc1cccc(O)c1C. The number of aromatic hydroxyl groups is 1. The van der Waals surface area contributed by atoms with Crippen molar-refractivity contribution in [2.24, 2.45) is 35.3 Å². The number of allylic oxidation sites excluding steroid dienone is 4. The smallest absolute Gasteiger partial charge is 0.404 e. The number of nitrogens with two attached hydrogens (primary N) is 1. The Morgan fingerprint density at radius 2 is 1.72 bits per heavy atom. The summed E-state index contributed by atoms with van der Waals surface area (Å²) in [7, 11) is 0. The number of hydrogen-bond acceptors (Lipinski definition) is 5. The van der Waals surface area contributed by atoms with Gasteiger partial charge in [-0.05, 0) is 56.2 Å². The molecule has 0 unspecified atom stereocenters. The molecule has 6 heteroatoms. The van der Waals surface area contributed by atoms with Gasteiger partial charge in [0.15, 0.2) is 0 Å². The molecule has 0 bridgehead atoms. The van der Waals surface area contributed by atoms with Crippen molar-refractivity contribution < 1.29 is 24.9 Å². The van der Waals surface area contributed by atoms with Crippen LogP contribution in [0, 0.1) is 36.5 Å². The Balaban J connectivity index is 2.72. The van der Waals surface area contributed by atoms with Crippen molar-refractivity contribution in [3.8, 4) is 5.75 Å². The zero-order chi connectivity index (χ0) is 29.7. The van der Waals surface area contributed by atoms with Crippen molar-refractivity contribution in [3.05, 3.63) is 77.9 Å². The van der Waals surface area contributed by atoms with Crippen LogP contribution in [0.2, 0.25) is 0 Å². The summed E-state index contributed by atoms with van der Waals surface area (Å²) < 4.78 is 5.37. The Morgan fingerprint density at radius 3 is 2.33 bits per heavy atom. The van der Waals surface area contributed by atoms with E-state index in [4.69, 9.17) is 10.5 Å². The number of aliphatic hydroxyl groups excluding tert-OH is 2. The van der Waals surface area contributed by atoms with Gasteiger partial charge in [0, 0.05) is 23.7 Å². The number of carbonyl (C=O) groups is 1. The zero-order valence-corrected chi connectivity index (χ0v) is 24.9. The van der Waals surface area contributed by atoms with E-state index in [2.05, 4.69) is 24.8 Å². The zero-order valence-electron chi connectivity index (χ0n) is 24.9. The second kappa shape index (κ2) is 17.0. The largest absolute Gasteiger partial charge is 0.508 e. The van der Waals surface area contributed by atoms with Gasteiger partial charge in [0.2, 0.25) is 0 Å². The highest BCUT2D eigenvalue weighted by atomic mass is 16.6. The molecule has 0 aliphatic rings. The van der Waals surface area contributed by atoms with Crippen LogP contribution in [-0.2, 0) is 11.2 Å². The lowest BCUT2D eigenvalue weighted by Crippen LogP contribution is -2.41. The number of primary amides is 1. The second-order valence-electron chi connectivity index (χ2n) is 11.2. The predicted molar refractivity (Wildman–Crippen MR) is 160 cm³/mol. The summed E-state index contributed by atoms with van der Waals surface area (Å²) in [5.41, 5.74) is 8.43. The van der Waals surface area contributed by atoms with Crippen molar-refractivity contribution in [1.82, 2.24) is 0 Å². The summed E-state index contributed by atoms with van der Waals surface area (Å²) in [6, 6.07) is 5.59. The molecule has 1 amide bonds. The third-order valence-electron chi connectivity index (χ3n) is 7.67. The van der Waals surface area contributed by atoms with Gasteiger partial charge in [-0.3, -0.25) is 0 Å². The molecule has 0 saturated carbocycles. The molecule has 1 aromatic carbocycles. The minimum atomic E-state index is -0.859. The minimum absolute atomic E-state index is 0.0193. The van der Waals surface area contributed by atoms with E-state index in [0.29, 0.717) is 12.2 Å². The molecule has 0 spiro atoms. The number of ether oxygens (including phenoxy) is 1. The number of phenolic OH excluding ortho intramolecular Hbond substituents is 1. The highest BCUT2D eigenvalue weighted by Crippen LogP contribution is 2.29. The molecule has 218 valence electrons. The Hall–Kier alpha value is -2.83. The lowest BCUT2D eigenvalue weighted by atomic mass is 9.81. The molecular weight excluding hydrogens is 490 g/mol. The molecule has 1 aromatic rings. The fraction of sp³-hybridized carbons (Fsp3) is 0.545. The van der Waals surface area contributed by atoms with Crippen LogP contribution >= 0.6 is 0 Å². The molecule has 6 nitrogen and oxygen atoms in total. The van der Waals surface area contributed by atoms with Crippen molar-refractivity contribution >= 4 is 6.09 Å². The molecule has 0 fully saturated rings. The Bertz CT molecular complexity index is 998. The van der Waals surface area contributed by atoms with Gasteiger partial charge in [0.1, 0.15) is 11.9 Å². The van der Waals surface area contributed by atoms with E-state index in [-0.39, 0.29) is 29.6 Å². The average molecular weight is 542 g/mol. The van der Waals surface area contributed by atoms with E-state index in [0.717, 1.165) is 29.5 Å². The number of amides is 1. The monoisotopic (exact) mass is 541 g/mol. The molecule has 0 heterocycles. The van der Waals surface area contributed by atoms with Crippen LogP contribution in [-0.4, -0.2) is 39.7 Å². The molecule has 5 N–H and O–H groups in total. The van der Waals surface area contributed by atoms with Gasteiger partial charge in [-0.25, -0.2) is 4.79 Å².